The zero-order valence-electron chi connectivity index (χ0n) is 7.78. The SMILES string of the molecule is C/C(=C\c1cccn1C)C(C)O. The van der Waals surface area contributed by atoms with E-state index in [-0.39, 0.29) is 6.10 Å². The molecule has 12 heavy (non-hydrogen) atoms. The maximum absolute atomic E-state index is 9.23. The Bertz CT molecular complexity index is 284. The summed E-state index contributed by atoms with van der Waals surface area (Å²) < 4.78 is 2.02. The minimum absolute atomic E-state index is 0.361. The van der Waals surface area contributed by atoms with E-state index in [1.807, 2.05) is 42.9 Å². The van der Waals surface area contributed by atoms with Gasteiger partial charge in [0.05, 0.1) is 6.10 Å². The number of hydrogen-bond donors (Lipinski definition) is 1. The van der Waals surface area contributed by atoms with Crippen LogP contribution in [0.5, 0.6) is 0 Å². The monoisotopic (exact) mass is 165 g/mol. The highest BCUT2D eigenvalue weighted by Gasteiger charge is 1.99. The molecule has 66 valence electrons. The molecule has 0 radical (unpaired) electrons. The quantitative estimate of drug-likeness (QED) is 0.710. The highest BCUT2D eigenvalue weighted by molar-refractivity contribution is 5.49. The summed E-state index contributed by atoms with van der Waals surface area (Å²) in [7, 11) is 1.99. The summed E-state index contributed by atoms with van der Waals surface area (Å²) in [5.41, 5.74) is 2.10. The number of nitrogens with zero attached hydrogens (tertiary/aromatic N) is 1. The Morgan fingerprint density at radius 1 is 1.67 bits per heavy atom. The van der Waals surface area contributed by atoms with Crippen LogP contribution in [0, 0.1) is 0 Å². The fraction of sp³-hybridized carbons (Fsp3) is 0.400. The van der Waals surface area contributed by atoms with Crippen molar-refractivity contribution in [1.82, 2.24) is 4.57 Å². The predicted molar refractivity (Wildman–Crippen MR) is 50.7 cm³/mol. The lowest BCUT2D eigenvalue weighted by Crippen LogP contribution is -2.01. The van der Waals surface area contributed by atoms with Crippen LogP contribution in [-0.2, 0) is 7.05 Å². The Morgan fingerprint density at radius 2 is 2.33 bits per heavy atom. The average molecular weight is 165 g/mol. The van der Waals surface area contributed by atoms with Crippen molar-refractivity contribution in [3.63, 3.8) is 0 Å². The molecule has 0 saturated carbocycles. The van der Waals surface area contributed by atoms with E-state index < -0.39 is 0 Å². The van der Waals surface area contributed by atoms with Crippen molar-refractivity contribution >= 4 is 6.08 Å². The van der Waals surface area contributed by atoms with E-state index >= 15 is 0 Å². The summed E-state index contributed by atoms with van der Waals surface area (Å²) in [5.74, 6) is 0. The van der Waals surface area contributed by atoms with Gasteiger partial charge in [0.2, 0.25) is 0 Å². The minimum Gasteiger partial charge on any atom is -0.389 e. The zero-order chi connectivity index (χ0) is 9.14. The van der Waals surface area contributed by atoms with Crippen molar-refractivity contribution < 1.29 is 5.11 Å². The number of hydrogen-bond acceptors (Lipinski definition) is 1. The summed E-state index contributed by atoms with van der Waals surface area (Å²) in [5, 5.41) is 9.23. The molecule has 0 bridgehead atoms. The molecule has 0 aliphatic heterocycles. The molecule has 1 rings (SSSR count). The van der Waals surface area contributed by atoms with Crippen LogP contribution in [-0.4, -0.2) is 15.8 Å². The molecule has 0 spiro atoms. The zero-order valence-corrected chi connectivity index (χ0v) is 7.78. The fourth-order valence-electron chi connectivity index (χ4n) is 0.978. The van der Waals surface area contributed by atoms with Gasteiger partial charge in [-0.15, -0.1) is 0 Å². The Labute approximate surface area is 73.1 Å². The third-order valence-electron chi connectivity index (χ3n) is 2.02. The van der Waals surface area contributed by atoms with E-state index in [1.165, 1.54) is 0 Å². The smallest absolute Gasteiger partial charge is 0.0723 e. The number of aliphatic hydroxyl groups excluding tert-OH is 1. The van der Waals surface area contributed by atoms with Gasteiger partial charge in [0.25, 0.3) is 0 Å². The molecule has 1 atom stereocenters. The van der Waals surface area contributed by atoms with Crippen LogP contribution in [0.3, 0.4) is 0 Å². The Hall–Kier alpha value is -1.02. The number of aliphatic hydroxyl groups is 1. The van der Waals surface area contributed by atoms with E-state index in [4.69, 9.17) is 0 Å². The van der Waals surface area contributed by atoms with Crippen LogP contribution in [0.2, 0.25) is 0 Å². The van der Waals surface area contributed by atoms with Gasteiger partial charge >= 0.3 is 0 Å². The standard InChI is InChI=1S/C10H15NO/c1-8(9(2)12)7-10-5-4-6-11(10)3/h4-7,9,12H,1-3H3/b8-7+. The largest absolute Gasteiger partial charge is 0.389 e. The molecule has 0 aliphatic carbocycles. The van der Waals surface area contributed by atoms with Gasteiger partial charge in [-0.3, -0.25) is 0 Å². The van der Waals surface area contributed by atoms with E-state index in [0.717, 1.165) is 11.3 Å². The van der Waals surface area contributed by atoms with Gasteiger partial charge in [-0.2, -0.15) is 0 Å². The molecule has 0 saturated heterocycles. The first kappa shape index (κ1) is 9.07. The first-order chi connectivity index (χ1) is 5.61. The van der Waals surface area contributed by atoms with E-state index in [1.54, 1.807) is 6.92 Å². The predicted octanol–water partition coefficient (Wildman–Crippen LogP) is 1.81. The summed E-state index contributed by atoms with van der Waals surface area (Å²) in [4.78, 5) is 0. The first-order valence-electron chi connectivity index (χ1n) is 4.09. The van der Waals surface area contributed by atoms with Gasteiger partial charge in [-0.25, -0.2) is 0 Å². The molecule has 0 amide bonds. The Kier molecular flexibility index (Phi) is 2.71. The maximum atomic E-state index is 9.23. The summed E-state index contributed by atoms with van der Waals surface area (Å²) in [6.07, 6.45) is 3.62. The molecule has 1 N–H and O–H groups in total. The van der Waals surface area contributed by atoms with Gasteiger partial charge in [0.1, 0.15) is 0 Å². The summed E-state index contributed by atoms with van der Waals surface area (Å²) >= 11 is 0. The molecule has 0 aliphatic rings. The van der Waals surface area contributed by atoms with Crippen LogP contribution in [0.1, 0.15) is 19.5 Å². The van der Waals surface area contributed by atoms with Gasteiger partial charge in [0, 0.05) is 18.9 Å². The third kappa shape index (κ3) is 1.98. The topological polar surface area (TPSA) is 25.2 Å². The molecule has 1 aromatic rings. The second kappa shape index (κ2) is 3.59. The summed E-state index contributed by atoms with van der Waals surface area (Å²) in [6, 6.07) is 4.01. The van der Waals surface area contributed by atoms with Crippen LogP contribution in [0.4, 0.5) is 0 Å². The molecule has 1 heterocycles. The highest BCUT2D eigenvalue weighted by Crippen LogP contribution is 2.09. The lowest BCUT2D eigenvalue weighted by Gasteiger charge is -2.04. The fourth-order valence-corrected chi connectivity index (χ4v) is 0.978. The summed E-state index contributed by atoms with van der Waals surface area (Å²) in [6.45, 7) is 3.70. The van der Waals surface area contributed by atoms with Crippen LogP contribution >= 0.6 is 0 Å². The van der Waals surface area contributed by atoms with E-state index in [0.29, 0.717) is 0 Å². The van der Waals surface area contributed by atoms with E-state index in [9.17, 15) is 5.11 Å². The Balaban J connectivity index is 2.87. The van der Waals surface area contributed by atoms with Gasteiger partial charge in [0.15, 0.2) is 0 Å². The third-order valence-corrected chi connectivity index (χ3v) is 2.02. The molecule has 0 aromatic carbocycles. The molecule has 1 aromatic heterocycles. The van der Waals surface area contributed by atoms with Crippen molar-refractivity contribution in [2.75, 3.05) is 0 Å². The lowest BCUT2D eigenvalue weighted by molar-refractivity contribution is 0.232. The number of aromatic nitrogens is 1. The van der Waals surface area contributed by atoms with Crippen molar-refractivity contribution in [3.05, 3.63) is 29.6 Å². The molecular formula is C10H15NO. The van der Waals surface area contributed by atoms with Crippen molar-refractivity contribution in [2.24, 2.45) is 7.05 Å². The average Bonchev–Trinajstić information content (AvgIpc) is 2.36. The highest BCUT2D eigenvalue weighted by atomic mass is 16.3. The second-order valence-corrected chi connectivity index (χ2v) is 3.11. The van der Waals surface area contributed by atoms with Crippen LogP contribution < -0.4 is 0 Å². The molecule has 2 heteroatoms. The minimum atomic E-state index is -0.361. The number of rotatable bonds is 2. The molecule has 1 unspecified atom stereocenters. The van der Waals surface area contributed by atoms with Gasteiger partial charge in [-0.1, -0.05) is 0 Å². The van der Waals surface area contributed by atoms with Gasteiger partial charge in [-0.05, 0) is 37.6 Å². The second-order valence-electron chi connectivity index (χ2n) is 3.11. The Morgan fingerprint density at radius 3 is 2.75 bits per heavy atom. The van der Waals surface area contributed by atoms with Gasteiger partial charge < -0.3 is 9.67 Å². The maximum Gasteiger partial charge on any atom is 0.0723 e. The van der Waals surface area contributed by atoms with Crippen molar-refractivity contribution in [2.45, 2.75) is 20.0 Å². The number of aryl methyl sites for hydroxylation is 1. The van der Waals surface area contributed by atoms with Crippen LogP contribution in [0.15, 0.2) is 23.9 Å². The van der Waals surface area contributed by atoms with Crippen molar-refractivity contribution in [3.8, 4) is 0 Å². The normalized spacial score (nSPS) is 14.8. The first-order valence-corrected chi connectivity index (χ1v) is 4.09. The van der Waals surface area contributed by atoms with Crippen molar-refractivity contribution in [1.29, 1.82) is 0 Å². The lowest BCUT2D eigenvalue weighted by atomic mass is 10.1. The van der Waals surface area contributed by atoms with Crippen LogP contribution in [0.25, 0.3) is 6.08 Å². The van der Waals surface area contributed by atoms with E-state index in [2.05, 4.69) is 0 Å². The molecular weight excluding hydrogens is 150 g/mol. The molecule has 0 fully saturated rings. The molecule has 2 nitrogen and oxygen atoms in total.